The minimum atomic E-state index is 0.0304. The standard InChI is InChI=1S/C11H12ClNO2S/c12-9-4-8(1-2-10(9)14)13-5-7(6-16)3-11(13)15/h1-2,4,7,14,16H,3,5-6H2. The lowest BCUT2D eigenvalue weighted by molar-refractivity contribution is -0.117. The van der Waals surface area contributed by atoms with E-state index in [-0.39, 0.29) is 16.7 Å². The summed E-state index contributed by atoms with van der Waals surface area (Å²) >= 11 is 10.0. The topological polar surface area (TPSA) is 40.5 Å². The van der Waals surface area contributed by atoms with Crippen LogP contribution < -0.4 is 4.90 Å². The number of phenolic OH excluding ortho intramolecular Hbond substituents is 1. The van der Waals surface area contributed by atoms with Gasteiger partial charge in [-0.2, -0.15) is 12.6 Å². The molecule has 1 atom stereocenters. The highest BCUT2D eigenvalue weighted by Crippen LogP contribution is 2.31. The van der Waals surface area contributed by atoms with Crippen molar-refractivity contribution in [2.45, 2.75) is 6.42 Å². The number of phenols is 1. The Morgan fingerprint density at radius 1 is 1.56 bits per heavy atom. The maximum absolute atomic E-state index is 11.7. The minimum absolute atomic E-state index is 0.0304. The van der Waals surface area contributed by atoms with Crippen molar-refractivity contribution < 1.29 is 9.90 Å². The SMILES string of the molecule is O=C1CC(CS)CN1c1ccc(O)c(Cl)c1. The number of amides is 1. The van der Waals surface area contributed by atoms with Crippen LogP contribution in [0.25, 0.3) is 0 Å². The predicted octanol–water partition coefficient (Wildman–Crippen LogP) is 2.33. The molecule has 3 nitrogen and oxygen atoms in total. The van der Waals surface area contributed by atoms with E-state index in [4.69, 9.17) is 11.6 Å². The van der Waals surface area contributed by atoms with Gasteiger partial charge in [-0.15, -0.1) is 0 Å². The molecular weight excluding hydrogens is 246 g/mol. The number of halogens is 1. The summed E-state index contributed by atoms with van der Waals surface area (Å²) in [6, 6.07) is 4.80. The number of thiol groups is 1. The van der Waals surface area contributed by atoms with Crippen molar-refractivity contribution in [3.8, 4) is 5.75 Å². The Hall–Kier alpha value is -0.870. The average molecular weight is 258 g/mol. The van der Waals surface area contributed by atoms with Crippen molar-refractivity contribution >= 4 is 35.8 Å². The Morgan fingerprint density at radius 3 is 2.88 bits per heavy atom. The molecule has 1 N–H and O–H groups in total. The smallest absolute Gasteiger partial charge is 0.227 e. The summed E-state index contributed by atoms with van der Waals surface area (Å²) in [7, 11) is 0. The molecular formula is C11H12ClNO2S. The largest absolute Gasteiger partial charge is 0.506 e. The van der Waals surface area contributed by atoms with Gasteiger partial charge in [0.25, 0.3) is 0 Å². The summed E-state index contributed by atoms with van der Waals surface area (Å²) in [5, 5.41) is 9.57. The Balaban J connectivity index is 2.24. The van der Waals surface area contributed by atoms with Gasteiger partial charge < -0.3 is 10.0 Å². The van der Waals surface area contributed by atoms with Crippen LogP contribution in [0.1, 0.15) is 6.42 Å². The average Bonchev–Trinajstić information content (AvgIpc) is 2.64. The minimum Gasteiger partial charge on any atom is -0.506 e. The first-order valence-corrected chi connectivity index (χ1v) is 6.02. The molecule has 5 heteroatoms. The highest BCUT2D eigenvalue weighted by molar-refractivity contribution is 7.80. The highest BCUT2D eigenvalue weighted by atomic mass is 35.5. The molecule has 0 spiro atoms. The fraction of sp³-hybridized carbons (Fsp3) is 0.364. The fourth-order valence-corrected chi connectivity index (χ4v) is 2.24. The van der Waals surface area contributed by atoms with Gasteiger partial charge in [0.1, 0.15) is 5.75 Å². The van der Waals surface area contributed by atoms with Crippen molar-refractivity contribution in [2.24, 2.45) is 5.92 Å². The van der Waals surface area contributed by atoms with Gasteiger partial charge in [-0.05, 0) is 29.9 Å². The molecule has 0 saturated carbocycles. The van der Waals surface area contributed by atoms with E-state index in [0.717, 1.165) is 5.69 Å². The van der Waals surface area contributed by atoms with Gasteiger partial charge in [-0.1, -0.05) is 11.6 Å². The summed E-state index contributed by atoms with van der Waals surface area (Å²) in [6.07, 6.45) is 0.530. The zero-order valence-electron chi connectivity index (χ0n) is 8.56. The predicted molar refractivity (Wildman–Crippen MR) is 67.4 cm³/mol. The van der Waals surface area contributed by atoms with E-state index < -0.39 is 0 Å². The normalized spacial score (nSPS) is 20.5. The lowest BCUT2D eigenvalue weighted by Crippen LogP contribution is -2.24. The molecule has 1 heterocycles. The fourth-order valence-electron chi connectivity index (χ4n) is 1.82. The third-order valence-electron chi connectivity index (χ3n) is 2.71. The number of benzene rings is 1. The molecule has 16 heavy (non-hydrogen) atoms. The van der Waals surface area contributed by atoms with Crippen molar-refractivity contribution in [1.82, 2.24) is 0 Å². The first kappa shape index (κ1) is 11.6. The maximum atomic E-state index is 11.7. The summed E-state index contributed by atoms with van der Waals surface area (Å²) in [6.45, 7) is 0.670. The molecule has 86 valence electrons. The summed E-state index contributed by atoms with van der Waals surface area (Å²) in [5.74, 6) is 1.11. The zero-order chi connectivity index (χ0) is 11.7. The van der Waals surface area contributed by atoms with Crippen LogP contribution in [-0.4, -0.2) is 23.3 Å². The quantitative estimate of drug-likeness (QED) is 0.799. The van der Waals surface area contributed by atoms with Gasteiger partial charge in [-0.25, -0.2) is 0 Å². The number of nitrogens with zero attached hydrogens (tertiary/aromatic N) is 1. The van der Waals surface area contributed by atoms with Crippen molar-refractivity contribution in [2.75, 3.05) is 17.2 Å². The Morgan fingerprint density at radius 2 is 2.31 bits per heavy atom. The molecule has 0 radical (unpaired) electrons. The van der Waals surface area contributed by atoms with E-state index in [1.165, 1.54) is 6.07 Å². The van der Waals surface area contributed by atoms with Crippen LogP contribution in [0.5, 0.6) is 5.75 Å². The number of aromatic hydroxyl groups is 1. The summed E-state index contributed by atoms with van der Waals surface area (Å²) in [4.78, 5) is 13.4. The molecule has 1 aromatic rings. The van der Waals surface area contributed by atoms with Crippen LogP contribution in [0.2, 0.25) is 5.02 Å². The van der Waals surface area contributed by atoms with E-state index in [9.17, 15) is 9.90 Å². The third-order valence-corrected chi connectivity index (χ3v) is 3.53. The van der Waals surface area contributed by atoms with E-state index in [0.29, 0.717) is 24.6 Å². The first-order valence-electron chi connectivity index (χ1n) is 5.01. The van der Waals surface area contributed by atoms with Crippen molar-refractivity contribution in [1.29, 1.82) is 0 Å². The molecule has 2 rings (SSSR count). The maximum Gasteiger partial charge on any atom is 0.227 e. The van der Waals surface area contributed by atoms with Gasteiger partial charge in [0.05, 0.1) is 5.02 Å². The van der Waals surface area contributed by atoms with Gasteiger partial charge in [0.15, 0.2) is 0 Å². The van der Waals surface area contributed by atoms with Crippen LogP contribution in [0.4, 0.5) is 5.69 Å². The van der Waals surface area contributed by atoms with E-state index in [1.54, 1.807) is 17.0 Å². The number of carbonyl (C=O) groups is 1. The Bertz CT molecular complexity index is 424. The van der Waals surface area contributed by atoms with Crippen LogP contribution in [0, 0.1) is 5.92 Å². The number of hydrogen-bond acceptors (Lipinski definition) is 3. The first-order chi connectivity index (χ1) is 7.61. The van der Waals surface area contributed by atoms with Crippen LogP contribution in [0.15, 0.2) is 18.2 Å². The van der Waals surface area contributed by atoms with Gasteiger partial charge >= 0.3 is 0 Å². The molecule has 1 aliphatic rings. The molecule has 1 aliphatic heterocycles. The molecule has 1 fully saturated rings. The van der Waals surface area contributed by atoms with Gasteiger partial charge in [0.2, 0.25) is 5.91 Å². The van der Waals surface area contributed by atoms with Crippen LogP contribution >= 0.6 is 24.2 Å². The molecule has 0 aliphatic carbocycles. The monoisotopic (exact) mass is 257 g/mol. The number of carbonyl (C=O) groups excluding carboxylic acids is 1. The molecule has 0 aromatic heterocycles. The summed E-state index contributed by atoms with van der Waals surface area (Å²) in [5.41, 5.74) is 0.733. The lowest BCUT2D eigenvalue weighted by atomic mass is 10.1. The van der Waals surface area contributed by atoms with Crippen molar-refractivity contribution in [3.05, 3.63) is 23.2 Å². The number of rotatable bonds is 2. The van der Waals surface area contributed by atoms with Crippen LogP contribution in [-0.2, 0) is 4.79 Å². The highest BCUT2D eigenvalue weighted by Gasteiger charge is 2.29. The van der Waals surface area contributed by atoms with E-state index in [1.807, 2.05) is 0 Å². The molecule has 1 amide bonds. The lowest BCUT2D eigenvalue weighted by Gasteiger charge is -2.16. The second-order valence-electron chi connectivity index (χ2n) is 3.89. The Kier molecular flexibility index (Phi) is 3.30. The second-order valence-corrected chi connectivity index (χ2v) is 4.67. The molecule has 1 saturated heterocycles. The third kappa shape index (κ3) is 2.13. The number of hydrogen-bond donors (Lipinski definition) is 2. The Labute approximate surface area is 104 Å². The molecule has 1 unspecified atom stereocenters. The van der Waals surface area contributed by atoms with E-state index >= 15 is 0 Å². The van der Waals surface area contributed by atoms with Crippen LogP contribution in [0.3, 0.4) is 0 Å². The summed E-state index contributed by atoms with van der Waals surface area (Å²) < 4.78 is 0. The van der Waals surface area contributed by atoms with E-state index in [2.05, 4.69) is 12.6 Å². The second kappa shape index (κ2) is 4.55. The van der Waals surface area contributed by atoms with Gasteiger partial charge in [-0.3, -0.25) is 4.79 Å². The van der Waals surface area contributed by atoms with Gasteiger partial charge in [0, 0.05) is 18.7 Å². The zero-order valence-corrected chi connectivity index (χ0v) is 10.2. The molecule has 0 bridgehead atoms. The van der Waals surface area contributed by atoms with Crippen molar-refractivity contribution in [3.63, 3.8) is 0 Å². The number of anilines is 1. The molecule has 1 aromatic carbocycles.